The second-order valence-electron chi connectivity index (χ2n) is 5.33. The van der Waals surface area contributed by atoms with E-state index in [-0.39, 0.29) is 12.5 Å². The van der Waals surface area contributed by atoms with Crippen LogP contribution in [0.25, 0.3) is 0 Å². The molecular formula is C13H22N4O2. The monoisotopic (exact) mass is 266 g/mol. The summed E-state index contributed by atoms with van der Waals surface area (Å²) in [5.74, 6) is 0.476. The number of aromatic nitrogens is 4. The second-order valence-corrected chi connectivity index (χ2v) is 5.33. The van der Waals surface area contributed by atoms with Crippen molar-refractivity contribution in [1.82, 2.24) is 20.2 Å². The third kappa shape index (κ3) is 3.52. The maximum atomic E-state index is 10.9. The van der Waals surface area contributed by atoms with E-state index in [1.165, 1.54) is 25.7 Å². The summed E-state index contributed by atoms with van der Waals surface area (Å²) in [6.07, 6.45) is 8.04. The number of nitrogens with zero attached hydrogens (tertiary/aromatic N) is 4. The first kappa shape index (κ1) is 14.0. The van der Waals surface area contributed by atoms with Gasteiger partial charge in [0.15, 0.2) is 5.82 Å². The summed E-state index contributed by atoms with van der Waals surface area (Å²) in [6, 6.07) is -0.134. The van der Waals surface area contributed by atoms with E-state index in [1.54, 1.807) is 4.68 Å². The predicted molar refractivity (Wildman–Crippen MR) is 69.8 cm³/mol. The molecular weight excluding hydrogens is 244 g/mol. The van der Waals surface area contributed by atoms with Crippen LogP contribution in [-0.2, 0) is 4.79 Å². The van der Waals surface area contributed by atoms with E-state index in [1.807, 2.05) is 6.92 Å². The van der Waals surface area contributed by atoms with Gasteiger partial charge < -0.3 is 5.11 Å². The SMILES string of the molecule is CCC(CC(=O)O)n1nnnc1C1CCCCCC1. The fourth-order valence-electron chi connectivity index (χ4n) is 2.87. The Morgan fingerprint density at radius 3 is 2.63 bits per heavy atom. The highest BCUT2D eigenvalue weighted by atomic mass is 16.4. The van der Waals surface area contributed by atoms with Crippen molar-refractivity contribution >= 4 is 5.97 Å². The van der Waals surface area contributed by atoms with Crippen LogP contribution in [0.2, 0.25) is 0 Å². The zero-order chi connectivity index (χ0) is 13.7. The van der Waals surface area contributed by atoms with Crippen LogP contribution in [0.4, 0.5) is 0 Å². The molecule has 0 bridgehead atoms. The Hall–Kier alpha value is -1.46. The van der Waals surface area contributed by atoms with Gasteiger partial charge in [0.1, 0.15) is 0 Å². The first-order valence-corrected chi connectivity index (χ1v) is 7.22. The number of carboxylic acid groups (broad SMARTS) is 1. The Morgan fingerprint density at radius 1 is 1.37 bits per heavy atom. The molecule has 1 aliphatic carbocycles. The van der Waals surface area contributed by atoms with E-state index in [9.17, 15) is 4.79 Å². The Balaban J connectivity index is 2.17. The van der Waals surface area contributed by atoms with Crippen LogP contribution >= 0.6 is 0 Å². The van der Waals surface area contributed by atoms with Gasteiger partial charge in [-0.05, 0) is 29.7 Å². The van der Waals surface area contributed by atoms with Crippen LogP contribution in [0.1, 0.15) is 76.1 Å². The molecule has 1 heterocycles. The highest BCUT2D eigenvalue weighted by Crippen LogP contribution is 2.31. The van der Waals surface area contributed by atoms with Gasteiger partial charge in [-0.2, -0.15) is 0 Å². The molecule has 1 unspecified atom stereocenters. The number of aliphatic carboxylic acids is 1. The highest BCUT2D eigenvalue weighted by molar-refractivity contribution is 5.67. The average Bonchev–Trinajstić information content (AvgIpc) is 2.71. The zero-order valence-electron chi connectivity index (χ0n) is 11.5. The minimum absolute atomic E-state index is 0.0846. The number of carboxylic acids is 1. The quantitative estimate of drug-likeness (QED) is 0.828. The van der Waals surface area contributed by atoms with Gasteiger partial charge in [0, 0.05) is 5.92 Å². The summed E-state index contributed by atoms with van der Waals surface area (Å²) >= 11 is 0. The van der Waals surface area contributed by atoms with Crippen LogP contribution in [0.5, 0.6) is 0 Å². The molecule has 1 aromatic heterocycles. The fourth-order valence-corrected chi connectivity index (χ4v) is 2.87. The molecule has 106 valence electrons. The van der Waals surface area contributed by atoms with Crippen molar-refractivity contribution in [3.8, 4) is 0 Å². The van der Waals surface area contributed by atoms with Crippen molar-refractivity contribution < 1.29 is 9.90 Å². The number of carbonyl (C=O) groups is 1. The lowest BCUT2D eigenvalue weighted by Gasteiger charge is -2.18. The van der Waals surface area contributed by atoms with E-state index in [0.717, 1.165) is 25.1 Å². The lowest BCUT2D eigenvalue weighted by atomic mass is 9.99. The van der Waals surface area contributed by atoms with Gasteiger partial charge >= 0.3 is 5.97 Å². The molecule has 0 spiro atoms. The molecule has 0 aliphatic heterocycles. The summed E-state index contributed by atoms with van der Waals surface area (Å²) in [5.41, 5.74) is 0. The largest absolute Gasteiger partial charge is 0.481 e. The molecule has 2 rings (SSSR count). The van der Waals surface area contributed by atoms with Gasteiger partial charge in [-0.25, -0.2) is 4.68 Å². The highest BCUT2D eigenvalue weighted by Gasteiger charge is 2.25. The lowest BCUT2D eigenvalue weighted by Crippen LogP contribution is -2.19. The van der Waals surface area contributed by atoms with Crippen molar-refractivity contribution in [2.75, 3.05) is 0 Å². The third-order valence-electron chi connectivity index (χ3n) is 3.97. The summed E-state index contributed by atoms with van der Waals surface area (Å²) in [7, 11) is 0. The molecule has 1 aromatic rings. The maximum absolute atomic E-state index is 10.9. The smallest absolute Gasteiger partial charge is 0.305 e. The number of rotatable bonds is 5. The van der Waals surface area contributed by atoms with Crippen molar-refractivity contribution in [1.29, 1.82) is 0 Å². The van der Waals surface area contributed by atoms with E-state index in [0.29, 0.717) is 5.92 Å². The Kier molecular flexibility index (Phi) is 4.87. The minimum Gasteiger partial charge on any atom is -0.481 e. The van der Waals surface area contributed by atoms with Gasteiger partial charge in [-0.1, -0.05) is 32.6 Å². The average molecular weight is 266 g/mol. The molecule has 1 N–H and O–H groups in total. The molecule has 1 aliphatic rings. The van der Waals surface area contributed by atoms with Crippen LogP contribution in [-0.4, -0.2) is 31.3 Å². The van der Waals surface area contributed by atoms with Crippen molar-refractivity contribution in [3.05, 3.63) is 5.82 Å². The normalized spacial score (nSPS) is 19.0. The number of tetrazole rings is 1. The zero-order valence-corrected chi connectivity index (χ0v) is 11.5. The van der Waals surface area contributed by atoms with Gasteiger partial charge in [0.2, 0.25) is 0 Å². The molecule has 0 radical (unpaired) electrons. The third-order valence-corrected chi connectivity index (χ3v) is 3.97. The lowest BCUT2D eigenvalue weighted by molar-refractivity contribution is -0.138. The van der Waals surface area contributed by atoms with Crippen LogP contribution in [0, 0.1) is 0 Å². The first-order valence-electron chi connectivity index (χ1n) is 7.22. The maximum Gasteiger partial charge on any atom is 0.305 e. The van der Waals surface area contributed by atoms with E-state index in [4.69, 9.17) is 5.11 Å². The fraction of sp³-hybridized carbons (Fsp3) is 0.846. The van der Waals surface area contributed by atoms with Gasteiger partial charge in [0.05, 0.1) is 12.5 Å². The molecule has 0 amide bonds. The Labute approximate surface area is 113 Å². The molecule has 0 saturated heterocycles. The van der Waals surface area contributed by atoms with Crippen molar-refractivity contribution in [3.63, 3.8) is 0 Å². The Bertz CT molecular complexity index is 411. The van der Waals surface area contributed by atoms with Gasteiger partial charge in [-0.3, -0.25) is 4.79 Å². The summed E-state index contributed by atoms with van der Waals surface area (Å²) < 4.78 is 1.75. The minimum atomic E-state index is -0.797. The van der Waals surface area contributed by atoms with Crippen molar-refractivity contribution in [2.45, 2.75) is 70.3 Å². The van der Waals surface area contributed by atoms with Crippen molar-refractivity contribution in [2.24, 2.45) is 0 Å². The first-order chi connectivity index (χ1) is 9.22. The van der Waals surface area contributed by atoms with E-state index >= 15 is 0 Å². The van der Waals surface area contributed by atoms with Gasteiger partial charge in [0.25, 0.3) is 0 Å². The summed E-state index contributed by atoms with van der Waals surface area (Å²) in [5, 5.41) is 21.0. The molecule has 1 atom stereocenters. The topological polar surface area (TPSA) is 80.9 Å². The molecule has 1 saturated carbocycles. The summed E-state index contributed by atoms with van der Waals surface area (Å²) in [6.45, 7) is 1.98. The Morgan fingerprint density at radius 2 is 2.05 bits per heavy atom. The second kappa shape index (κ2) is 6.63. The van der Waals surface area contributed by atoms with E-state index in [2.05, 4.69) is 15.5 Å². The van der Waals surface area contributed by atoms with Crippen LogP contribution in [0.15, 0.2) is 0 Å². The standard InChI is InChI=1S/C13H22N4O2/c1-2-11(9-12(18)19)17-13(14-15-16-17)10-7-5-3-4-6-8-10/h10-11H,2-9H2,1H3,(H,18,19). The molecule has 6 nitrogen and oxygen atoms in total. The van der Waals surface area contributed by atoms with Crippen LogP contribution in [0.3, 0.4) is 0 Å². The van der Waals surface area contributed by atoms with Crippen LogP contribution < -0.4 is 0 Å². The summed E-state index contributed by atoms with van der Waals surface area (Å²) in [4.78, 5) is 10.9. The van der Waals surface area contributed by atoms with Gasteiger partial charge in [-0.15, -0.1) is 5.10 Å². The molecule has 19 heavy (non-hydrogen) atoms. The molecule has 6 heteroatoms. The number of hydrogen-bond donors (Lipinski definition) is 1. The predicted octanol–water partition coefficient (Wildman–Crippen LogP) is 2.54. The molecule has 0 aromatic carbocycles. The number of hydrogen-bond acceptors (Lipinski definition) is 4. The molecule has 1 fully saturated rings. The van der Waals surface area contributed by atoms with E-state index < -0.39 is 5.97 Å².